The fraction of sp³-hybridized carbons (Fsp3) is 0.600. The highest BCUT2D eigenvalue weighted by Gasteiger charge is 2.21. The van der Waals surface area contributed by atoms with E-state index in [4.69, 9.17) is 0 Å². The Hall–Kier alpha value is -1.06. The summed E-state index contributed by atoms with van der Waals surface area (Å²) in [6.07, 6.45) is 1.44. The summed E-state index contributed by atoms with van der Waals surface area (Å²) in [5, 5.41) is 3.41. The molecule has 9 heavy (non-hydrogen) atoms. The lowest BCUT2D eigenvalue weighted by molar-refractivity contribution is -0.143. The SMILES string of the molecule is COC(=O)[C@@H]1C=NOC1. The molecule has 0 saturated carbocycles. The molecule has 0 unspecified atom stereocenters. The van der Waals surface area contributed by atoms with Gasteiger partial charge in [0, 0.05) is 0 Å². The quantitative estimate of drug-likeness (QED) is 0.460. The number of rotatable bonds is 1. The van der Waals surface area contributed by atoms with Crippen molar-refractivity contribution in [3.05, 3.63) is 0 Å². The van der Waals surface area contributed by atoms with Crippen molar-refractivity contribution in [2.24, 2.45) is 11.1 Å². The van der Waals surface area contributed by atoms with Gasteiger partial charge in [0.1, 0.15) is 12.5 Å². The molecule has 0 spiro atoms. The average Bonchev–Trinajstić information content (AvgIpc) is 2.37. The third kappa shape index (κ3) is 1.19. The van der Waals surface area contributed by atoms with E-state index in [1.54, 1.807) is 0 Å². The summed E-state index contributed by atoms with van der Waals surface area (Å²) in [5.74, 6) is -0.591. The molecule has 0 saturated heterocycles. The zero-order valence-electron chi connectivity index (χ0n) is 5.03. The van der Waals surface area contributed by atoms with Gasteiger partial charge in [0.15, 0.2) is 0 Å². The number of nitrogens with zero attached hydrogens (tertiary/aromatic N) is 1. The monoisotopic (exact) mass is 129 g/mol. The van der Waals surface area contributed by atoms with E-state index in [0.29, 0.717) is 6.61 Å². The van der Waals surface area contributed by atoms with E-state index in [1.165, 1.54) is 13.3 Å². The molecular formula is C5H7NO3. The molecular weight excluding hydrogens is 122 g/mol. The van der Waals surface area contributed by atoms with Crippen LogP contribution in [0.2, 0.25) is 0 Å². The Kier molecular flexibility index (Phi) is 1.67. The summed E-state index contributed by atoms with van der Waals surface area (Å²) in [6.45, 7) is 0.312. The third-order valence-electron chi connectivity index (χ3n) is 1.07. The summed E-state index contributed by atoms with van der Waals surface area (Å²) in [7, 11) is 1.34. The maximum absolute atomic E-state index is 10.6. The van der Waals surface area contributed by atoms with Crippen molar-refractivity contribution in [1.82, 2.24) is 0 Å². The van der Waals surface area contributed by atoms with Gasteiger partial charge in [0.2, 0.25) is 0 Å². The largest absolute Gasteiger partial charge is 0.468 e. The molecule has 0 radical (unpaired) electrons. The number of carbonyl (C=O) groups is 1. The highest BCUT2D eigenvalue weighted by molar-refractivity contribution is 5.90. The predicted octanol–water partition coefficient (Wildman–Crippen LogP) is -0.208. The average molecular weight is 129 g/mol. The summed E-state index contributed by atoms with van der Waals surface area (Å²) in [5.41, 5.74) is 0. The van der Waals surface area contributed by atoms with Gasteiger partial charge >= 0.3 is 5.97 Å². The van der Waals surface area contributed by atoms with Gasteiger partial charge < -0.3 is 9.57 Å². The van der Waals surface area contributed by atoms with E-state index in [1.807, 2.05) is 0 Å². The number of methoxy groups -OCH3 is 1. The van der Waals surface area contributed by atoms with Crippen molar-refractivity contribution in [3.8, 4) is 0 Å². The van der Waals surface area contributed by atoms with Crippen molar-refractivity contribution in [2.75, 3.05) is 13.7 Å². The lowest BCUT2D eigenvalue weighted by Gasteiger charge is -1.99. The van der Waals surface area contributed by atoms with Crippen molar-refractivity contribution in [2.45, 2.75) is 0 Å². The lowest BCUT2D eigenvalue weighted by atomic mass is 10.2. The smallest absolute Gasteiger partial charge is 0.317 e. The van der Waals surface area contributed by atoms with Crippen LogP contribution in [0.3, 0.4) is 0 Å². The first kappa shape index (κ1) is 6.07. The standard InChI is InChI=1S/C5H7NO3/c1-8-5(7)4-2-6-9-3-4/h2,4H,3H2,1H3/t4-/m1/s1. The molecule has 1 rings (SSSR count). The molecule has 1 aliphatic heterocycles. The first-order chi connectivity index (χ1) is 4.34. The second-order valence-electron chi connectivity index (χ2n) is 1.68. The van der Waals surface area contributed by atoms with Crippen molar-refractivity contribution in [3.63, 3.8) is 0 Å². The minimum Gasteiger partial charge on any atom is -0.468 e. The van der Waals surface area contributed by atoms with Crippen LogP contribution in [0.25, 0.3) is 0 Å². The maximum Gasteiger partial charge on any atom is 0.317 e. The second kappa shape index (κ2) is 2.48. The fourth-order valence-corrected chi connectivity index (χ4v) is 0.563. The summed E-state index contributed by atoms with van der Waals surface area (Å²) < 4.78 is 4.42. The number of hydrogen-bond donors (Lipinski definition) is 0. The normalized spacial score (nSPS) is 23.4. The van der Waals surface area contributed by atoms with Crippen LogP contribution in [0, 0.1) is 5.92 Å². The molecule has 0 aromatic heterocycles. The van der Waals surface area contributed by atoms with Crippen LogP contribution in [0.4, 0.5) is 0 Å². The maximum atomic E-state index is 10.6. The number of esters is 1. The summed E-state index contributed by atoms with van der Waals surface area (Å²) in [4.78, 5) is 15.2. The van der Waals surface area contributed by atoms with Crippen LogP contribution in [0.1, 0.15) is 0 Å². The Morgan fingerprint density at radius 3 is 3.22 bits per heavy atom. The zero-order valence-corrected chi connectivity index (χ0v) is 5.03. The highest BCUT2D eigenvalue weighted by Crippen LogP contribution is 2.03. The Labute approximate surface area is 52.4 Å². The Bertz CT molecular complexity index is 143. The topological polar surface area (TPSA) is 47.9 Å². The molecule has 0 amide bonds. The van der Waals surface area contributed by atoms with Crippen LogP contribution in [-0.2, 0) is 14.4 Å². The molecule has 1 atom stereocenters. The molecule has 4 heteroatoms. The van der Waals surface area contributed by atoms with Crippen molar-refractivity contribution in [1.29, 1.82) is 0 Å². The molecule has 50 valence electrons. The van der Waals surface area contributed by atoms with E-state index >= 15 is 0 Å². The first-order valence-corrected chi connectivity index (χ1v) is 2.58. The Morgan fingerprint density at radius 2 is 2.78 bits per heavy atom. The summed E-state index contributed by atoms with van der Waals surface area (Å²) >= 11 is 0. The highest BCUT2D eigenvalue weighted by atomic mass is 16.6. The van der Waals surface area contributed by atoms with Gasteiger partial charge in [-0.1, -0.05) is 5.16 Å². The van der Waals surface area contributed by atoms with Gasteiger partial charge in [-0.3, -0.25) is 4.79 Å². The molecule has 1 aliphatic rings. The minimum atomic E-state index is -0.296. The van der Waals surface area contributed by atoms with E-state index in [-0.39, 0.29) is 11.9 Å². The van der Waals surface area contributed by atoms with Gasteiger partial charge in [0.05, 0.1) is 13.3 Å². The molecule has 4 nitrogen and oxygen atoms in total. The number of oxime groups is 1. The van der Waals surface area contributed by atoms with Gasteiger partial charge in [-0.15, -0.1) is 0 Å². The van der Waals surface area contributed by atoms with Crippen molar-refractivity contribution < 1.29 is 14.4 Å². The Morgan fingerprint density at radius 1 is 2.00 bits per heavy atom. The third-order valence-corrected chi connectivity index (χ3v) is 1.07. The zero-order chi connectivity index (χ0) is 6.69. The van der Waals surface area contributed by atoms with Crippen LogP contribution >= 0.6 is 0 Å². The van der Waals surface area contributed by atoms with E-state index in [0.717, 1.165) is 0 Å². The van der Waals surface area contributed by atoms with Crippen LogP contribution in [-0.4, -0.2) is 25.9 Å². The van der Waals surface area contributed by atoms with Crippen LogP contribution in [0.15, 0.2) is 5.16 Å². The number of carbonyl (C=O) groups excluding carboxylic acids is 1. The number of ether oxygens (including phenoxy) is 1. The molecule has 1 heterocycles. The van der Waals surface area contributed by atoms with Crippen LogP contribution in [0.5, 0.6) is 0 Å². The number of hydrogen-bond acceptors (Lipinski definition) is 4. The van der Waals surface area contributed by atoms with Gasteiger partial charge in [0.25, 0.3) is 0 Å². The molecule has 0 bridgehead atoms. The van der Waals surface area contributed by atoms with Gasteiger partial charge in [-0.2, -0.15) is 0 Å². The van der Waals surface area contributed by atoms with E-state index < -0.39 is 0 Å². The first-order valence-electron chi connectivity index (χ1n) is 2.58. The molecule has 0 N–H and O–H groups in total. The Balaban J connectivity index is 2.43. The minimum absolute atomic E-state index is 0.295. The van der Waals surface area contributed by atoms with Crippen LogP contribution < -0.4 is 0 Å². The van der Waals surface area contributed by atoms with E-state index in [2.05, 4.69) is 14.7 Å². The van der Waals surface area contributed by atoms with Crippen molar-refractivity contribution >= 4 is 12.2 Å². The summed E-state index contributed by atoms with van der Waals surface area (Å²) in [6, 6.07) is 0. The molecule has 0 aliphatic carbocycles. The molecule has 0 aromatic carbocycles. The second-order valence-corrected chi connectivity index (χ2v) is 1.68. The van der Waals surface area contributed by atoms with Gasteiger partial charge in [-0.05, 0) is 0 Å². The fourth-order valence-electron chi connectivity index (χ4n) is 0.563. The predicted molar refractivity (Wildman–Crippen MR) is 29.9 cm³/mol. The molecule has 0 fully saturated rings. The van der Waals surface area contributed by atoms with E-state index in [9.17, 15) is 4.79 Å². The van der Waals surface area contributed by atoms with Gasteiger partial charge in [-0.25, -0.2) is 0 Å². The lowest BCUT2D eigenvalue weighted by Crippen LogP contribution is -2.17. The molecule has 0 aromatic rings.